The SMILES string of the molecule is CCCSc1nnc(NC(=O)CN(c2cccc(Br)c2)S(=O)(=O)c2ccc(C)cc2)s1. The fraction of sp³-hybridized carbons (Fsp3) is 0.250. The molecule has 1 heterocycles. The number of anilines is 2. The molecule has 0 saturated heterocycles. The summed E-state index contributed by atoms with van der Waals surface area (Å²) in [6.07, 6.45) is 1.00. The van der Waals surface area contributed by atoms with Crippen LogP contribution in [0.1, 0.15) is 18.9 Å². The number of rotatable bonds is 9. The molecule has 0 fully saturated rings. The van der Waals surface area contributed by atoms with Gasteiger partial charge in [0.15, 0.2) is 4.34 Å². The zero-order valence-electron chi connectivity index (χ0n) is 16.9. The second-order valence-corrected chi connectivity index (χ2v) is 11.7. The molecule has 0 aliphatic rings. The van der Waals surface area contributed by atoms with Gasteiger partial charge in [0.25, 0.3) is 10.0 Å². The van der Waals surface area contributed by atoms with Gasteiger partial charge in [-0.2, -0.15) is 0 Å². The molecule has 31 heavy (non-hydrogen) atoms. The van der Waals surface area contributed by atoms with Gasteiger partial charge in [-0.3, -0.25) is 14.4 Å². The van der Waals surface area contributed by atoms with E-state index in [9.17, 15) is 13.2 Å². The second kappa shape index (κ2) is 10.6. The normalized spacial score (nSPS) is 11.3. The number of benzene rings is 2. The van der Waals surface area contributed by atoms with Crippen LogP contribution in [-0.4, -0.2) is 36.8 Å². The molecule has 11 heteroatoms. The maximum Gasteiger partial charge on any atom is 0.264 e. The molecule has 0 saturated carbocycles. The van der Waals surface area contributed by atoms with Crippen molar-refractivity contribution >= 4 is 65.8 Å². The minimum absolute atomic E-state index is 0.111. The predicted octanol–water partition coefficient (Wildman–Crippen LogP) is 4.95. The number of hydrogen-bond acceptors (Lipinski definition) is 7. The molecule has 0 bridgehead atoms. The monoisotopic (exact) mass is 540 g/mol. The van der Waals surface area contributed by atoms with Gasteiger partial charge in [-0.15, -0.1) is 10.2 Å². The Morgan fingerprint density at radius 2 is 1.94 bits per heavy atom. The van der Waals surface area contributed by atoms with Gasteiger partial charge in [-0.25, -0.2) is 8.42 Å². The maximum absolute atomic E-state index is 13.4. The van der Waals surface area contributed by atoms with E-state index in [2.05, 4.69) is 38.4 Å². The number of sulfonamides is 1. The number of nitrogens with one attached hydrogen (secondary N) is 1. The summed E-state index contributed by atoms with van der Waals surface area (Å²) in [4.78, 5) is 12.9. The minimum atomic E-state index is -3.97. The Morgan fingerprint density at radius 1 is 1.19 bits per heavy atom. The molecule has 1 amide bonds. The molecule has 0 spiro atoms. The lowest BCUT2D eigenvalue weighted by Gasteiger charge is -2.24. The molecule has 3 aromatic rings. The number of aromatic nitrogens is 2. The van der Waals surface area contributed by atoms with E-state index in [1.54, 1.807) is 48.2 Å². The lowest BCUT2D eigenvalue weighted by molar-refractivity contribution is -0.114. The zero-order valence-corrected chi connectivity index (χ0v) is 20.9. The standard InChI is InChI=1S/C20H21BrN4O3S3/c1-3-11-29-20-24-23-19(30-20)22-18(26)13-25(16-6-4-5-15(21)12-16)31(27,28)17-9-7-14(2)8-10-17/h4-10,12H,3,11,13H2,1-2H3,(H,22,23,26). The van der Waals surface area contributed by atoms with Gasteiger partial charge in [0.1, 0.15) is 6.54 Å². The Balaban J connectivity index is 1.85. The van der Waals surface area contributed by atoms with E-state index in [0.29, 0.717) is 15.3 Å². The number of thioether (sulfide) groups is 1. The highest BCUT2D eigenvalue weighted by molar-refractivity contribution is 9.10. The summed E-state index contributed by atoms with van der Waals surface area (Å²) in [6, 6.07) is 13.3. The first kappa shape index (κ1) is 23.7. The van der Waals surface area contributed by atoms with Gasteiger partial charge < -0.3 is 0 Å². The van der Waals surface area contributed by atoms with Crippen LogP contribution in [0.3, 0.4) is 0 Å². The van der Waals surface area contributed by atoms with Crippen molar-refractivity contribution in [1.82, 2.24) is 10.2 Å². The van der Waals surface area contributed by atoms with Crippen molar-refractivity contribution in [3.63, 3.8) is 0 Å². The molecule has 0 aliphatic carbocycles. The lowest BCUT2D eigenvalue weighted by atomic mass is 10.2. The van der Waals surface area contributed by atoms with Crippen LogP contribution in [0, 0.1) is 6.92 Å². The molecule has 2 aromatic carbocycles. The third kappa shape index (κ3) is 6.28. The van der Waals surface area contributed by atoms with Crippen LogP contribution in [0.25, 0.3) is 0 Å². The summed E-state index contributed by atoms with van der Waals surface area (Å²) in [5.74, 6) is 0.410. The van der Waals surface area contributed by atoms with Gasteiger partial charge in [-0.05, 0) is 43.7 Å². The Labute approximate surface area is 198 Å². The summed E-state index contributed by atoms with van der Waals surface area (Å²) >= 11 is 6.20. The summed E-state index contributed by atoms with van der Waals surface area (Å²) < 4.78 is 29.3. The third-order valence-corrected chi connectivity index (χ3v) is 8.53. The van der Waals surface area contributed by atoms with Gasteiger partial charge in [0, 0.05) is 10.2 Å². The molecule has 164 valence electrons. The van der Waals surface area contributed by atoms with E-state index in [4.69, 9.17) is 0 Å². The van der Waals surface area contributed by atoms with Crippen LogP contribution in [0.15, 0.2) is 62.2 Å². The lowest BCUT2D eigenvalue weighted by Crippen LogP contribution is -2.38. The van der Waals surface area contributed by atoms with Crippen molar-refractivity contribution in [3.05, 3.63) is 58.6 Å². The van der Waals surface area contributed by atoms with Crippen molar-refractivity contribution in [1.29, 1.82) is 0 Å². The quantitative estimate of drug-likeness (QED) is 0.305. The predicted molar refractivity (Wildman–Crippen MR) is 129 cm³/mol. The van der Waals surface area contributed by atoms with Gasteiger partial charge in [0.05, 0.1) is 10.6 Å². The number of aryl methyl sites for hydroxylation is 1. The Bertz CT molecular complexity index is 1150. The zero-order chi connectivity index (χ0) is 22.4. The number of carbonyl (C=O) groups is 1. The first-order valence-electron chi connectivity index (χ1n) is 9.40. The van der Waals surface area contributed by atoms with Crippen LogP contribution < -0.4 is 9.62 Å². The molecular weight excluding hydrogens is 520 g/mol. The average molecular weight is 542 g/mol. The number of halogens is 1. The van der Waals surface area contributed by atoms with E-state index in [1.165, 1.54) is 23.5 Å². The minimum Gasteiger partial charge on any atom is -0.299 e. The van der Waals surface area contributed by atoms with E-state index >= 15 is 0 Å². The highest BCUT2D eigenvalue weighted by Crippen LogP contribution is 2.28. The Morgan fingerprint density at radius 3 is 2.61 bits per heavy atom. The van der Waals surface area contributed by atoms with Crippen molar-refractivity contribution in [2.75, 3.05) is 21.9 Å². The van der Waals surface area contributed by atoms with Crippen LogP contribution in [0.4, 0.5) is 10.8 Å². The van der Waals surface area contributed by atoms with Crippen LogP contribution in [-0.2, 0) is 14.8 Å². The fourth-order valence-corrected chi connectivity index (χ4v) is 6.07. The summed E-state index contributed by atoms with van der Waals surface area (Å²) in [5.41, 5.74) is 1.32. The van der Waals surface area contributed by atoms with E-state index in [1.807, 2.05) is 6.92 Å². The van der Waals surface area contributed by atoms with Crippen molar-refractivity contribution in [3.8, 4) is 0 Å². The largest absolute Gasteiger partial charge is 0.299 e. The summed E-state index contributed by atoms with van der Waals surface area (Å²) in [6.45, 7) is 3.55. The van der Waals surface area contributed by atoms with Gasteiger partial charge in [0.2, 0.25) is 11.0 Å². The highest BCUT2D eigenvalue weighted by atomic mass is 79.9. The summed E-state index contributed by atoms with van der Waals surface area (Å²) in [7, 11) is -3.97. The Hall–Kier alpha value is -1.95. The number of nitrogens with zero attached hydrogens (tertiary/aromatic N) is 3. The number of hydrogen-bond donors (Lipinski definition) is 1. The van der Waals surface area contributed by atoms with E-state index < -0.39 is 22.5 Å². The molecule has 3 rings (SSSR count). The Kier molecular flexibility index (Phi) is 8.09. The van der Waals surface area contributed by atoms with E-state index in [-0.39, 0.29) is 4.90 Å². The smallest absolute Gasteiger partial charge is 0.264 e. The fourth-order valence-electron chi connectivity index (χ4n) is 2.58. The first-order valence-corrected chi connectivity index (χ1v) is 13.4. The molecule has 0 unspecified atom stereocenters. The molecule has 1 N–H and O–H groups in total. The maximum atomic E-state index is 13.4. The van der Waals surface area contributed by atoms with Crippen molar-refractivity contribution < 1.29 is 13.2 Å². The molecule has 1 aromatic heterocycles. The molecule has 0 atom stereocenters. The van der Waals surface area contributed by atoms with Crippen LogP contribution in [0.5, 0.6) is 0 Å². The molecule has 7 nitrogen and oxygen atoms in total. The molecular formula is C20H21BrN4O3S3. The number of carbonyl (C=O) groups excluding carboxylic acids is 1. The second-order valence-electron chi connectivity index (χ2n) is 6.57. The molecule has 0 aliphatic heterocycles. The van der Waals surface area contributed by atoms with Gasteiger partial charge >= 0.3 is 0 Å². The van der Waals surface area contributed by atoms with Gasteiger partial charge in [-0.1, -0.05) is 69.7 Å². The summed E-state index contributed by atoms with van der Waals surface area (Å²) in [5, 5.41) is 11.0. The van der Waals surface area contributed by atoms with Crippen LogP contribution >= 0.6 is 39.0 Å². The highest BCUT2D eigenvalue weighted by Gasteiger charge is 2.27. The van der Waals surface area contributed by atoms with E-state index in [0.717, 1.165) is 26.4 Å². The van der Waals surface area contributed by atoms with Crippen molar-refractivity contribution in [2.24, 2.45) is 0 Å². The first-order chi connectivity index (χ1) is 14.8. The topological polar surface area (TPSA) is 92.3 Å². The van der Waals surface area contributed by atoms with Crippen LogP contribution in [0.2, 0.25) is 0 Å². The average Bonchev–Trinajstić information content (AvgIpc) is 3.17. The molecule has 0 radical (unpaired) electrons. The van der Waals surface area contributed by atoms with Crippen molar-refractivity contribution in [2.45, 2.75) is 29.5 Å². The third-order valence-electron chi connectivity index (χ3n) is 4.07. The number of amides is 1.